The number of aromatic carboxylic acids is 1. The van der Waals surface area contributed by atoms with Crippen LogP contribution < -0.4 is 0 Å². The first kappa shape index (κ1) is 28.4. The summed E-state index contributed by atoms with van der Waals surface area (Å²) in [6.07, 6.45) is 0. The smallest absolute Gasteiger partial charge is 0.336 e. The predicted octanol–water partition coefficient (Wildman–Crippen LogP) is 7.05. The van der Waals surface area contributed by atoms with Crippen LogP contribution in [0.2, 0.25) is 10.0 Å². The van der Waals surface area contributed by atoms with Crippen LogP contribution in [0.4, 0.5) is 0 Å². The van der Waals surface area contributed by atoms with Gasteiger partial charge in [0.05, 0.1) is 5.56 Å². The molecule has 0 unspecified atom stereocenters. The lowest BCUT2D eigenvalue weighted by molar-refractivity contribution is 0.0696. The lowest BCUT2D eigenvalue weighted by Gasteiger charge is -1.99. The molecular formula is C17H17Cl5O4S. The fraction of sp³-hybridized carbons (Fsp3) is 0.176. The topological polar surface area (TPSA) is 71.4 Å². The maximum atomic E-state index is 10.7. The second-order valence-electron chi connectivity index (χ2n) is 4.68. The predicted molar refractivity (Wildman–Crippen MR) is 116 cm³/mol. The van der Waals surface area contributed by atoms with Gasteiger partial charge in [-0.3, -0.25) is 4.79 Å². The van der Waals surface area contributed by atoms with Crippen molar-refractivity contribution in [1.29, 1.82) is 0 Å². The number of carbonyl (C=O) groups excluding carboxylic acids is 1. The van der Waals surface area contributed by atoms with Crippen LogP contribution in [-0.4, -0.2) is 20.5 Å². The van der Waals surface area contributed by atoms with E-state index < -0.39 is 20.4 Å². The molecule has 0 bridgehead atoms. The van der Waals surface area contributed by atoms with E-state index in [1.165, 1.54) is 6.07 Å². The Morgan fingerprint density at radius 3 is 1.48 bits per heavy atom. The summed E-state index contributed by atoms with van der Waals surface area (Å²) < 4.78 is 9.09. The molecular weight excluding hydrogens is 478 g/mol. The number of rotatable bonds is 2. The summed E-state index contributed by atoms with van der Waals surface area (Å²) in [4.78, 5) is 21.2. The van der Waals surface area contributed by atoms with E-state index in [0.29, 0.717) is 15.6 Å². The van der Waals surface area contributed by atoms with E-state index in [0.717, 1.165) is 11.1 Å². The third-order valence-corrected chi connectivity index (χ3v) is 3.52. The molecule has 2 aromatic rings. The minimum absolute atomic E-state index is 0. The number of carbonyl (C=O) groups is 2. The molecule has 0 saturated heterocycles. The van der Waals surface area contributed by atoms with E-state index in [9.17, 15) is 9.59 Å². The summed E-state index contributed by atoms with van der Waals surface area (Å²) >= 11 is 16.5. The lowest BCUT2D eigenvalue weighted by atomic mass is 10.1. The number of hydrogen-bond acceptors (Lipinski definition) is 3. The standard InChI is InChI=1S/C8H6Cl2O.C8H7ClO2.CH4.Cl2OS/c2*1-5-2-3-6(9)4-7(5)8(10)11;;1-4(2)3/h2-4H,1H3;2-4H,1H3,(H,10,11);1H4;. The largest absolute Gasteiger partial charge is 0.478 e. The van der Waals surface area contributed by atoms with Crippen LogP contribution in [0.15, 0.2) is 36.4 Å². The van der Waals surface area contributed by atoms with Crippen LogP contribution in [0, 0.1) is 13.8 Å². The second-order valence-corrected chi connectivity index (χ2v) is 8.42. The van der Waals surface area contributed by atoms with Crippen molar-refractivity contribution in [3.63, 3.8) is 0 Å². The molecule has 0 spiro atoms. The van der Waals surface area contributed by atoms with Crippen molar-refractivity contribution in [2.45, 2.75) is 21.3 Å². The molecule has 0 aliphatic rings. The van der Waals surface area contributed by atoms with Gasteiger partial charge in [-0.2, -0.15) is 0 Å². The van der Waals surface area contributed by atoms with Gasteiger partial charge < -0.3 is 5.11 Å². The first-order valence-corrected chi connectivity index (χ1v) is 10.6. The van der Waals surface area contributed by atoms with Gasteiger partial charge in [-0.05, 0) is 60.8 Å². The molecule has 0 aliphatic heterocycles. The molecule has 2 aromatic carbocycles. The molecule has 0 amide bonds. The van der Waals surface area contributed by atoms with Crippen molar-refractivity contribution < 1.29 is 18.9 Å². The van der Waals surface area contributed by atoms with Gasteiger partial charge in [0.25, 0.3) is 5.24 Å². The third kappa shape index (κ3) is 12.3. The highest BCUT2D eigenvalue weighted by molar-refractivity contribution is 8.26. The van der Waals surface area contributed by atoms with Crippen LogP contribution in [0.3, 0.4) is 0 Å². The molecule has 0 saturated carbocycles. The summed E-state index contributed by atoms with van der Waals surface area (Å²) in [6, 6.07) is 9.85. The van der Waals surface area contributed by atoms with E-state index in [4.69, 9.17) is 44.1 Å². The Hall–Kier alpha value is -0.820. The molecule has 1 N–H and O–H groups in total. The van der Waals surface area contributed by atoms with Gasteiger partial charge in [-0.25, -0.2) is 9.00 Å². The van der Waals surface area contributed by atoms with Crippen LogP contribution in [-0.2, 0) is 9.23 Å². The molecule has 4 nitrogen and oxygen atoms in total. The Morgan fingerprint density at radius 1 is 0.889 bits per heavy atom. The Labute approximate surface area is 184 Å². The van der Waals surface area contributed by atoms with Gasteiger partial charge in [0, 0.05) is 37.0 Å². The van der Waals surface area contributed by atoms with Crippen LogP contribution in [0.25, 0.3) is 0 Å². The first-order valence-electron chi connectivity index (χ1n) is 6.65. The Bertz CT molecular complexity index is 746. The van der Waals surface area contributed by atoms with E-state index in [2.05, 4.69) is 21.4 Å². The summed E-state index contributed by atoms with van der Waals surface area (Å²) in [7, 11) is 7.36. The van der Waals surface area contributed by atoms with Gasteiger partial charge in [0.2, 0.25) is 9.23 Å². The van der Waals surface area contributed by atoms with E-state index >= 15 is 0 Å². The maximum Gasteiger partial charge on any atom is 0.336 e. The highest BCUT2D eigenvalue weighted by Crippen LogP contribution is 2.17. The van der Waals surface area contributed by atoms with E-state index in [1.807, 2.05) is 6.92 Å². The maximum absolute atomic E-state index is 10.7. The zero-order chi connectivity index (χ0) is 20.4. The SMILES string of the molecule is C.Cc1ccc(Cl)cc1C(=O)Cl.Cc1ccc(Cl)cc1C(=O)O.O=S(Cl)Cl. The summed E-state index contributed by atoms with van der Waals surface area (Å²) in [5, 5.41) is 9.14. The van der Waals surface area contributed by atoms with Crippen molar-refractivity contribution in [3.05, 3.63) is 68.7 Å². The summed E-state index contributed by atoms with van der Waals surface area (Å²) in [5.74, 6) is -0.940. The molecule has 0 aliphatic carbocycles. The van der Waals surface area contributed by atoms with Gasteiger partial charge in [-0.1, -0.05) is 42.8 Å². The number of carboxylic acids is 1. The highest BCUT2D eigenvalue weighted by Gasteiger charge is 2.06. The van der Waals surface area contributed by atoms with Crippen LogP contribution >= 0.6 is 56.2 Å². The molecule has 0 fully saturated rings. The van der Waals surface area contributed by atoms with E-state index in [-0.39, 0.29) is 13.0 Å². The number of aryl methyl sites for hydroxylation is 2. The average molecular weight is 495 g/mol. The minimum Gasteiger partial charge on any atom is -0.478 e. The number of carboxylic acid groups (broad SMARTS) is 1. The Morgan fingerprint density at radius 2 is 1.22 bits per heavy atom. The molecule has 27 heavy (non-hydrogen) atoms. The summed E-state index contributed by atoms with van der Waals surface area (Å²) in [6.45, 7) is 3.55. The number of halogens is 5. The highest BCUT2D eigenvalue weighted by atomic mass is 36.0. The first-order chi connectivity index (χ1) is 12.0. The molecule has 0 heterocycles. The zero-order valence-electron chi connectivity index (χ0n) is 13.4. The van der Waals surface area contributed by atoms with Crippen molar-refractivity contribution in [2.24, 2.45) is 0 Å². The monoisotopic (exact) mass is 492 g/mol. The summed E-state index contributed by atoms with van der Waals surface area (Å²) in [5.41, 5.74) is 2.30. The second kappa shape index (κ2) is 14.2. The lowest BCUT2D eigenvalue weighted by Crippen LogP contribution is -1.98. The van der Waals surface area contributed by atoms with Crippen molar-refractivity contribution in [1.82, 2.24) is 0 Å². The number of hydrogen-bond donors (Lipinski definition) is 1. The molecule has 0 atom stereocenters. The molecule has 0 aromatic heterocycles. The Balaban J connectivity index is 0. The average Bonchev–Trinajstić information content (AvgIpc) is 2.51. The fourth-order valence-corrected chi connectivity index (χ4v) is 2.18. The molecule has 0 radical (unpaired) electrons. The normalized spacial score (nSPS) is 9.19. The molecule has 2 rings (SSSR count). The molecule has 10 heteroatoms. The van der Waals surface area contributed by atoms with Gasteiger partial charge in [0.1, 0.15) is 0 Å². The van der Waals surface area contributed by atoms with E-state index in [1.54, 1.807) is 37.3 Å². The van der Waals surface area contributed by atoms with Crippen molar-refractivity contribution in [2.75, 3.05) is 0 Å². The fourth-order valence-electron chi connectivity index (χ4n) is 1.63. The van der Waals surface area contributed by atoms with Crippen molar-refractivity contribution >= 4 is 76.6 Å². The van der Waals surface area contributed by atoms with Gasteiger partial charge in [-0.15, -0.1) is 0 Å². The minimum atomic E-state index is -1.67. The van der Waals surface area contributed by atoms with Gasteiger partial charge >= 0.3 is 5.97 Å². The van der Waals surface area contributed by atoms with Gasteiger partial charge in [0.15, 0.2) is 0 Å². The Kier molecular flexibility index (Phi) is 14.9. The zero-order valence-corrected chi connectivity index (χ0v) is 18.0. The third-order valence-electron chi connectivity index (χ3n) is 2.84. The van der Waals surface area contributed by atoms with Crippen LogP contribution in [0.5, 0.6) is 0 Å². The quantitative estimate of drug-likeness (QED) is 0.454. The molecule has 150 valence electrons. The number of benzene rings is 2. The van der Waals surface area contributed by atoms with Crippen LogP contribution in [0.1, 0.15) is 39.3 Å². The van der Waals surface area contributed by atoms with Crippen molar-refractivity contribution in [3.8, 4) is 0 Å².